The zero-order valence-electron chi connectivity index (χ0n) is 17.7. The fourth-order valence-electron chi connectivity index (χ4n) is 4.03. The van der Waals surface area contributed by atoms with Gasteiger partial charge < -0.3 is 24.5 Å². The van der Waals surface area contributed by atoms with Gasteiger partial charge in [-0.05, 0) is 31.2 Å². The molecule has 2 N–H and O–H groups in total. The number of carbonyl (C=O) groups excluding carboxylic acids is 2. The van der Waals surface area contributed by atoms with E-state index in [1.54, 1.807) is 24.4 Å². The molecule has 0 radical (unpaired) electrons. The number of halogens is 1. The van der Waals surface area contributed by atoms with Gasteiger partial charge in [-0.3, -0.25) is 9.59 Å². The van der Waals surface area contributed by atoms with Gasteiger partial charge in [0.2, 0.25) is 0 Å². The van der Waals surface area contributed by atoms with E-state index in [1.807, 2.05) is 31.2 Å². The number of nitrogens with zero attached hydrogens (tertiary/aromatic N) is 1. The van der Waals surface area contributed by atoms with Gasteiger partial charge in [-0.2, -0.15) is 0 Å². The van der Waals surface area contributed by atoms with E-state index < -0.39 is 17.7 Å². The number of aliphatic hydroxyl groups excluding tert-OH is 1. The van der Waals surface area contributed by atoms with E-state index in [1.165, 1.54) is 12.0 Å². The normalized spacial score (nSPS) is 18.0. The van der Waals surface area contributed by atoms with E-state index >= 15 is 0 Å². The highest BCUT2D eigenvalue weighted by Gasteiger charge is 2.46. The molecular formula is C24H23ClN2O5. The number of fused-ring (bicyclic) bond motifs is 1. The molecule has 8 heteroatoms. The van der Waals surface area contributed by atoms with Crippen LogP contribution in [-0.4, -0.2) is 53.5 Å². The maximum Gasteiger partial charge on any atom is 0.295 e. The van der Waals surface area contributed by atoms with Gasteiger partial charge in [0, 0.05) is 41.9 Å². The number of carbonyl (C=O) groups is 2. The van der Waals surface area contributed by atoms with Crippen molar-refractivity contribution in [2.24, 2.45) is 0 Å². The van der Waals surface area contributed by atoms with Crippen LogP contribution in [0.15, 0.2) is 54.2 Å². The monoisotopic (exact) mass is 454 g/mol. The van der Waals surface area contributed by atoms with E-state index in [2.05, 4.69) is 4.98 Å². The van der Waals surface area contributed by atoms with E-state index in [9.17, 15) is 14.7 Å². The highest BCUT2D eigenvalue weighted by molar-refractivity contribution is 6.47. The van der Waals surface area contributed by atoms with Crippen molar-refractivity contribution in [2.75, 3.05) is 26.9 Å². The van der Waals surface area contributed by atoms with Gasteiger partial charge in [-0.1, -0.05) is 29.8 Å². The maximum absolute atomic E-state index is 13.1. The number of H-pyrrole nitrogens is 1. The summed E-state index contributed by atoms with van der Waals surface area (Å²) in [6.07, 6.45) is 1.76. The summed E-state index contributed by atoms with van der Waals surface area (Å²) in [5.74, 6) is -1.32. The van der Waals surface area contributed by atoms with Crippen molar-refractivity contribution >= 4 is 40.0 Å². The quantitative estimate of drug-likeness (QED) is 0.315. The molecule has 1 unspecified atom stereocenters. The molecule has 1 aliphatic heterocycles. The Labute approximate surface area is 190 Å². The molecule has 1 aromatic heterocycles. The largest absolute Gasteiger partial charge is 0.507 e. The highest BCUT2D eigenvalue weighted by Crippen LogP contribution is 2.43. The molecule has 1 fully saturated rings. The minimum atomic E-state index is -0.798. The number of hydrogen-bond donors (Lipinski definition) is 2. The number of rotatable bonds is 7. The standard InChI is InChI=1S/C24H23ClN2O5/c1-3-32-14-8-9-18(25)16(12-14)22(28)20-21(27(10-11-31-2)24(30)23(20)29)17-13-26-19-7-5-4-6-15(17)19/h4-9,12-13,21,26,28H,3,10-11H2,1-2H3/b22-20+. The summed E-state index contributed by atoms with van der Waals surface area (Å²) in [4.78, 5) is 30.7. The Bertz CT molecular complexity index is 1220. The molecular weight excluding hydrogens is 432 g/mol. The number of aliphatic hydroxyl groups is 1. The van der Waals surface area contributed by atoms with E-state index in [4.69, 9.17) is 21.1 Å². The molecule has 0 spiro atoms. The molecule has 1 amide bonds. The number of nitrogens with one attached hydrogen (secondary N) is 1. The van der Waals surface area contributed by atoms with Crippen molar-refractivity contribution in [2.45, 2.75) is 13.0 Å². The second-order valence-corrected chi connectivity index (χ2v) is 7.76. The number of aromatic nitrogens is 1. The number of methoxy groups -OCH3 is 1. The van der Waals surface area contributed by atoms with Gasteiger partial charge in [0.1, 0.15) is 11.5 Å². The van der Waals surface area contributed by atoms with Gasteiger partial charge >= 0.3 is 0 Å². The minimum Gasteiger partial charge on any atom is -0.507 e. The van der Waals surface area contributed by atoms with E-state index in [0.717, 1.165) is 10.9 Å². The van der Waals surface area contributed by atoms with Crippen molar-refractivity contribution in [1.82, 2.24) is 9.88 Å². The molecule has 0 aliphatic carbocycles. The molecule has 0 saturated carbocycles. The number of likely N-dealkylation sites (tertiary alicyclic amines) is 1. The molecule has 2 heterocycles. The van der Waals surface area contributed by atoms with Gasteiger partial charge in [-0.25, -0.2) is 0 Å². The van der Waals surface area contributed by atoms with E-state index in [-0.39, 0.29) is 35.1 Å². The summed E-state index contributed by atoms with van der Waals surface area (Å²) in [5, 5.41) is 12.4. The number of benzene rings is 2. The van der Waals surface area contributed by atoms with Crippen LogP contribution in [0.3, 0.4) is 0 Å². The number of ketones is 1. The third-order valence-corrected chi connectivity index (χ3v) is 5.83. The molecule has 0 bridgehead atoms. The molecule has 166 valence electrons. The first-order valence-corrected chi connectivity index (χ1v) is 10.6. The number of hydrogen-bond acceptors (Lipinski definition) is 5. The maximum atomic E-state index is 13.1. The van der Waals surface area contributed by atoms with Gasteiger partial charge in [0.05, 0.1) is 29.9 Å². The van der Waals surface area contributed by atoms with E-state index in [0.29, 0.717) is 17.9 Å². The number of amides is 1. The highest BCUT2D eigenvalue weighted by atomic mass is 35.5. The Hall–Kier alpha value is -3.29. The number of ether oxygens (including phenoxy) is 2. The molecule has 3 aromatic rings. The number of aromatic amines is 1. The first-order valence-electron chi connectivity index (χ1n) is 10.2. The second-order valence-electron chi connectivity index (χ2n) is 7.35. The molecule has 1 saturated heterocycles. The molecule has 1 aliphatic rings. The molecule has 32 heavy (non-hydrogen) atoms. The summed E-state index contributed by atoms with van der Waals surface area (Å²) < 4.78 is 10.7. The Kier molecular flexibility index (Phi) is 6.21. The third-order valence-electron chi connectivity index (χ3n) is 5.50. The van der Waals surface area contributed by atoms with Crippen molar-refractivity contribution in [3.05, 3.63) is 70.4 Å². The summed E-state index contributed by atoms with van der Waals surface area (Å²) in [6, 6.07) is 11.6. The number of Topliss-reactive ketones (excluding diaryl/α,β-unsaturated/α-hetero) is 1. The van der Waals surface area contributed by atoms with Crippen LogP contribution in [0.4, 0.5) is 0 Å². The van der Waals surface area contributed by atoms with Crippen LogP contribution in [0, 0.1) is 0 Å². The average molecular weight is 455 g/mol. The Morgan fingerprint density at radius 1 is 1.22 bits per heavy atom. The Balaban J connectivity index is 1.93. The van der Waals surface area contributed by atoms with Crippen LogP contribution in [0.25, 0.3) is 16.7 Å². The lowest BCUT2D eigenvalue weighted by Crippen LogP contribution is -2.32. The SMILES string of the molecule is CCOc1ccc(Cl)c(/C(O)=C2\C(=O)C(=O)N(CCOC)C2c2c[nH]c3ccccc23)c1. The molecule has 2 aromatic carbocycles. The lowest BCUT2D eigenvalue weighted by Gasteiger charge is -2.24. The topological polar surface area (TPSA) is 91.9 Å². The van der Waals surface area contributed by atoms with Crippen molar-refractivity contribution in [3.63, 3.8) is 0 Å². The van der Waals surface area contributed by atoms with Gasteiger partial charge in [-0.15, -0.1) is 0 Å². The van der Waals surface area contributed by atoms with Crippen molar-refractivity contribution in [1.29, 1.82) is 0 Å². The van der Waals surface area contributed by atoms with Crippen molar-refractivity contribution in [3.8, 4) is 5.75 Å². The van der Waals surface area contributed by atoms with Crippen LogP contribution in [0.2, 0.25) is 5.02 Å². The van der Waals surface area contributed by atoms with Crippen molar-refractivity contribution < 1.29 is 24.2 Å². The lowest BCUT2D eigenvalue weighted by molar-refractivity contribution is -0.140. The van der Waals surface area contributed by atoms with Gasteiger partial charge in [0.15, 0.2) is 0 Å². The zero-order valence-corrected chi connectivity index (χ0v) is 18.5. The van der Waals surface area contributed by atoms with Crippen LogP contribution in [0.5, 0.6) is 5.75 Å². The Morgan fingerprint density at radius 3 is 2.75 bits per heavy atom. The first kappa shape index (κ1) is 21.9. The van der Waals surface area contributed by atoms with Crippen LogP contribution >= 0.6 is 11.6 Å². The lowest BCUT2D eigenvalue weighted by atomic mass is 9.95. The van der Waals surface area contributed by atoms with Crippen LogP contribution in [-0.2, 0) is 14.3 Å². The summed E-state index contributed by atoms with van der Waals surface area (Å²) in [5.41, 5.74) is 1.77. The molecule has 1 atom stereocenters. The zero-order chi connectivity index (χ0) is 22.8. The number of para-hydroxylation sites is 1. The van der Waals surface area contributed by atoms with Crippen LogP contribution in [0.1, 0.15) is 24.1 Å². The minimum absolute atomic E-state index is 0.0218. The summed E-state index contributed by atoms with van der Waals surface area (Å²) in [7, 11) is 1.52. The summed E-state index contributed by atoms with van der Waals surface area (Å²) in [6.45, 7) is 2.70. The summed E-state index contributed by atoms with van der Waals surface area (Å²) >= 11 is 6.36. The van der Waals surface area contributed by atoms with Gasteiger partial charge in [0.25, 0.3) is 11.7 Å². The fraction of sp³-hybridized carbons (Fsp3) is 0.250. The smallest absolute Gasteiger partial charge is 0.295 e. The third kappa shape index (κ3) is 3.74. The average Bonchev–Trinajstić information content (AvgIpc) is 3.32. The van der Waals surface area contributed by atoms with Crippen LogP contribution < -0.4 is 4.74 Å². The second kappa shape index (κ2) is 9.06. The molecule has 4 rings (SSSR count). The predicted octanol–water partition coefficient (Wildman–Crippen LogP) is 4.29. The molecule has 7 nitrogen and oxygen atoms in total. The Morgan fingerprint density at radius 2 is 2.00 bits per heavy atom. The predicted molar refractivity (Wildman–Crippen MR) is 122 cm³/mol. The first-order chi connectivity index (χ1) is 15.5. The fourth-order valence-corrected chi connectivity index (χ4v) is 4.24.